The molecule has 3 aromatic rings. The Balaban J connectivity index is 1.53. The Hall–Kier alpha value is -3.26. The topological polar surface area (TPSA) is 96.2 Å². The number of nitrogens with zero attached hydrogens (tertiary/aromatic N) is 5. The third-order valence-corrected chi connectivity index (χ3v) is 4.64. The van der Waals surface area contributed by atoms with Gasteiger partial charge in [0, 0.05) is 12.1 Å². The molecule has 27 heavy (non-hydrogen) atoms. The number of carbonyl (C=O) groups excluding carboxylic acids is 1. The summed E-state index contributed by atoms with van der Waals surface area (Å²) in [6.07, 6.45) is 7.57. The van der Waals surface area contributed by atoms with E-state index in [1.165, 1.54) is 6.33 Å². The number of rotatable bonds is 5. The van der Waals surface area contributed by atoms with Crippen LogP contribution in [0.25, 0.3) is 11.2 Å². The Bertz CT molecular complexity index is 984. The number of carbonyl (C=O) groups is 1. The van der Waals surface area contributed by atoms with E-state index in [0.717, 1.165) is 17.3 Å². The zero-order valence-electron chi connectivity index (χ0n) is 14.9. The van der Waals surface area contributed by atoms with Crippen molar-refractivity contribution in [2.45, 2.75) is 25.4 Å². The number of amides is 1. The number of anilines is 1. The van der Waals surface area contributed by atoms with Crippen molar-refractivity contribution in [3.63, 3.8) is 0 Å². The summed E-state index contributed by atoms with van der Waals surface area (Å²) in [5.41, 5.74) is 1.88. The average molecular weight is 364 g/mol. The van der Waals surface area contributed by atoms with E-state index >= 15 is 0 Å². The van der Waals surface area contributed by atoms with Crippen LogP contribution in [0.5, 0.6) is 0 Å². The fourth-order valence-electron chi connectivity index (χ4n) is 3.30. The van der Waals surface area contributed by atoms with Gasteiger partial charge < -0.3 is 9.88 Å². The summed E-state index contributed by atoms with van der Waals surface area (Å²) in [6.45, 7) is 2.74. The monoisotopic (exact) mass is 364 g/mol. The lowest BCUT2D eigenvalue weighted by molar-refractivity contribution is -0.0777. The molecule has 2 aromatic heterocycles. The van der Waals surface area contributed by atoms with Gasteiger partial charge >= 0.3 is 0 Å². The van der Waals surface area contributed by atoms with Crippen LogP contribution in [0.2, 0.25) is 0 Å². The number of allylic oxidation sites excluding steroid dienone is 1. The first-order valence-corrected chi connectivity index (χ1v) is 8.86. The van der Waals surface area contributed by atoms with Crippen LogP contribution in [0.15, 0.2) is 55.1 Å². The highest BCUT2D eigenvalue weighted by molar-refractivity contribution is 5.93. The highest BCUT2D eigenvalue weighted by Gasteiger charge is 2.29. The van der Waals surface area contributed by atoms with Crippen molar-refractivity contribution < 1.29 is 10.0 Å². The van der Waals surface area contributed by atoms with Gasteiger partial charge in [0.1, 0.15) is 11.8 Å². The van der Waals surface area contributed by atoms with Gasteiger partial charge in [0.15, 0.2) is 11.5 Å². The minimum absolute atomic E-state index is 0.0531. The van der Waals surface area contributed by atoms with E-state index in [4.69, 9.17) is 0 Å². The molecule has 0 aliphatic heterocycles. The third-order valence-electron chi connectivity index (χ3n) is 4.64. The van der Waals surface area contributed by atoms with E-state index in [1.54, 1.807) is 30.6 Å². The van der Waals surface area contributed by atoms with Gasteiger partial charge in [0.2, 0.25) is 0 Å². The molecule has 1 amide bonds. The van der Waals surface area contributed by atoms with E-state index in [2.05, 4.69) is 20.3 Å². The minimum Gasteiger partial charge on any atom is -0.368 e. The molecule has 1 aliphatic carbocycles. The second-order valence-electron chi connectivity index (χ2n) is 6.35. The van der Waals surface area contributed by atoms with Crippen molar-refractivity contribution in [2.24, 2.45) is 0 Å². The number of fused-ring (bicyclic) bond motifs is 1. The number of hydrogen-bond donors (Lipinski definition) is 2. The highest BCUT2D eigenvalue weighted by Crippen LogP contribution is 2.30. The number of nitrogens with one attached hydrogen (secondary N) is 1. The van der Waals surface area contributed by atoms with Crippen LogP contribution in [-0.4, -0.2) is 48.3 Å². The molecule has 138 valence electrons. The summed E-state index contributed by atoms with van der Waals surface area (Å²) >= 11 is 0. The number of benzene rings is 1. The molecule has 8 heteroatoms. The molecule has 0 fully saturated rings. The Morgan fingerprint density at radius 3 is 2.85 bits per heavy atom. The molecule has 0 spiro atoms. The van der Waals surface area contributed by atoms with Gasteiger partial charge in [-0.25, -0.2) is 20.0 Å². The first-order valence-electron chi connectivity index (χ1n) is 8.86. The lowest BCUT2D eigenvalue weighted by Crippen LogP contribution is -2.35. The highest BCUT2D eigenvalue weighted by atomic mass is 16.5. The van der Waals surface area contributed by atoms with Crippen molar-refractivity contribution in [2.75, 3.05) is 11.9 Å². The van der Waals surface area contributed by atoms with Crippen LogP contribution in [0.3, 0.4) is 0 Å². The summed E-state index contributed by atoms with van der Waals surface area (Å²) in [6, 6.07) is 8.28. The molecule has 1 aliphatic rings. The summed E-state index contributed by atoms with van der Waals surface area (Å²) < 4.78 is 1.94. The average Bonchev–Trinajstić information content (AvgIpc) is 3.35. The Kier molecular flexibility index (Phi) is 4.55. The first-order chi connectivity index (χ1) is 13.2. The van der Waals surface area contributed by atoms with Gasteiger partial charge in [0.05, 0.1) is 18.4 Å². The zero-order valence-corrected chi connectivity index (χ0v) is 14.9. The number of hydroxylamine groups is 2. The molecule has 0 saturated heterocycles. The standard InChI is InChI=1S/C19H20N6O2/c1-2-20-17-16-18(22-11-21-17)24(12-23-16)14-8-9-15(10-14)25(27)19(26)13-6-4-3-5-7-13/h3-9,11-12,14-15,27H,2,10H2,1H3,(H,20,21,22)/t14-,15+/m1/s1. The molecule has 0 bridgehead atoms. The summed E-state index contributed by atoms with van der Waals surface area (Å²) in [5.74, 6) is 0.279. The smallest absolute Gasteiger partial charge is 0.277 e. The van der Waals surface area contributed by atoms with E-state index in [0.29, 0.717) is 23.3 Å². The first kappa shape index (κ1) is 17.2. The summed E-state index contributed by atoms with van der Waals surface area (Å²) in [7, 11) is 0. The van der Waals surface area contributed by atoms with E-state index in [9.17, 15) is 10.0 Å². The molecule has 0 saturated carbocycles. The second kappa shape index (κ2) is 7.16. The third kappa shape index (κ3) is 3.15. The molecule has 2 atom stereocenters. The zero-order chi connectivity index (χ0) is 18.8. The SMILES string of the molecule is CCNc1ncnc2c1ncn2[C@@H]1C=C[C@H](N(O)C(=O)c2ccccc2)C1. The van der Waals surface area contributed by atoms with Gasteiger partial charge in [-0.2, -0.15) is 0 Å². The summed E-state index contributed by atoms with van der Waals surface area (Å²) in [5, 5.41) is 14.4. The normalized spacial score (nSPS) is 18.7. The van der Waals surface area contributed by atoms with E-state index < -0.39 is 11.9 Å². The lowest BCUT2D eigenvalue weighted by Gasteiger charge is -2.22. The maximum Gasteiger partial charge on any atom is 0.277 e. The Morgan fingerprint density at radius 1 is 1.26 bits per heavy atom. The maximum atomic E-state index is 12.4. The fourth-order valence-corrected chi connectivity index (χ4v) is 3.30. The second-order valence-corrected chi connectivity index (χ2v) is 6.35. The molecule has 4 rings (SSSR count). The fraction of sp³-hybridized carbons (Fsp3) is 0.263. The van der Waals surface area contributed by atoms with Crippen LogP contribution in [-0.2, 0) is 0 Å². The van der Waals surface area contributed by atoms with Crippen molar-refractivity contribution in [3.8, 4) is 0 Å². The molecule has 0 radical (unpaired) electrons. The van der Waals surface area contributed by atoms with Crippen molar-refractivity contribution >= 4 is 22.9 Å². The van der Waals surface area contributed by atoms with Crippen LogP contribution >= 0.6 is 0 Å². The molecule has 8 nitrogen and oxygen atoms in total. The predicted molar refractivity (Wildman–Crippen MR) is 100 cm³/mol. The summed E-state index contributed by atoms with van der Waals surface area (Å²) in [4.78, 5) is 25.5. The van der Waals surface area contributed by atoms with Crippen molar-refractivity contribution in [3.05, 3.63) is 60.7 Å². The molecule has 2 heterocycles. The van der Waals surface area contributed by atoms with E-state index in [1.807, 2.05) is 29.7 Å². The van der Waals surface area contributed by atoms with Crippen LogP contribution < -0.4 is 5.32 Å². The maximum absolute atomic E-state index is 12.4. The molecule has 0 unspecified atom stereocenters. The molecule has 2 N–H and O–H groups in total. The van der Waals surface area contributed by atoms with Crippen LogP contribution in [0.1, 0.15) is 29.7 Å². The van der Waals surface area contributed by atoms with Crippen LogP contribution in [0, 0.1) is 0 Å². The number of imidazole rings is 1. The van der Waals surface area contributed by atoms with Gasteiger partial charge in [0.25, 0.3) is 5.91 Å². The Morgan fingerprint density at radius 2 is 2.07 bits per heavy atom. The van der Waals surface area contributed by atoms with Gasteiger partial charge in [-0.3, -0.25) is 10.0 Å². The molecule has 1 aromatic carbocycles. The quantitative estimate of drug-likeness (QED) is 0.410. The predicted octanol–water partition coefficient (Wildman–Crippen LogP) is 2.66. The molecular formula is C19H20N6O2. The largest absolute Gasteiger partial charge is 0.368 e. The number of hydrogen-bond acceptors (Lipinski definition) is 6. The lowest BCUT2D eigenvalue weighted by atomic mass is 10.1. The van der Waals surface area contributed by atoms with Crippen molar-refractivity contribution in [1.82, 2.24) is 24.6 Å². The Labute approximate surface area is 156 Å². The van der Waals surface area contributed by atoms with Gasteiger partial charge in [-0.15, -0.1) is 0 Å². The van der Waals surface area contributed by atoms with Gasteiger partial charge in [-0.05, 0) is 25.5 Å². The van der Waals surface area contributed by atoms with Gasteiger partial charge in [-0.1, -0.05) is 30.4 Å². The van der Waals surface area contributed by atoms with Crippen LogP contribution in [0.4, 0.5) is 5.82 Å². The number of aromatic nitrogens is 4. The van der Waals surface area contributed by atoms with E-state index in [-0.39, 0.29) is 6.04 Å². The molecular weight excluding hydrogens is 344 g/mol. The minimum atomic E-state index is -0.418. The van der Waals surface area contributed by atoms with Crippen molar-refractivity contribution in [1.29, 1.82) is 0 Å².